The second-order valence-electron chi connectivity index (χ2n) is 6.81. The predicted octanol–water partition coefficient (Wildman–Crippen LogP) is 3.24. The summed E-state index contributed by atoms with van der Waals surface area (Å²) in [4.78, 5) is 11.1. The highest BCUT2D eigenvalue weighted by Gasteiger charge is 2.36. The molecule has 136 valence electrons. The Morgan fingerprint density at radius 3 is 2.69 bits per heavy atom. The van der Waals surface area contributed by atoms with E-state index >= 15 is 0 Å². The highest BCUT2D eigenvalue weighted by atomic mass is 32.2. The molecule has 0 unspecified atom stereocenters. The zero-order valence-electron chi connectivity index (χ0n) is 14.3. The van der Waals surface area contributed by atoms with Gasteiger partial charge in [0.05, 0.1) is 5.69 Å². The zero-order chi connectivity index (χ0) is 18.5. The fourth-order valence-corrected chi connectivity index (χ4v) is 5.53. The van der Waals surface area contributed by atoms with Gasteiger partial charge in [-0.15, -0.1) is 0 Å². The van der Waals surface area contributed by atoms with Crippen LogP contribution in [0.1, 0.15) is 30.9 Å². The van der Waals surface area contributed by atoms with Crippen LogP contribution in [0.5, 0.6) is 0 Å². The Morgan fingerprint density at radius 2 is 1.88 bits per heavy atom. The summed E-state index contributed by atoms with van der Waals surface area (Å²) in [6, 6.07) is 9.55. The van der Waals surface area contributed by atoms with Gasteiger partial charge in [0.25, 0.3) is 10.0 Å². The maximum atomic E-state index is 14.7. The van der Waals surface area contributed by atoms with Crippen LogP contribution < -0.4 is 9.62 Å². The number of carbonyl (C=O) groups excluding carboxylic acids is 1. The van der Waals surface area contributed by atoms with Crippen LogP contribution in [0.3, 0.4) is 0 Å². The second kappa shape index (κ2) is 6.09. The number of anilines is 2. The lowest BCUT2D eigenvalue weighted by molar-refractivity contribution is -0.116. The smallest absolute Gasteiger partial charge is 0.267 e. The molecular formula is C19H19FN2O3S. The molecule has 26 heavy (non-hydrogen) atoms. The number of hydrogen-bond acceptors (Lipinski definition) is 3. The van der Waals surface area contributed by atoms with E-state index in [4.69, 9.17) is 0 Å². The van der Waals surface area contributed by atoms with Crippen LogP contribution in [0.4, 0.5) is 15.8 Å². The lowest BCUT2D eigenvalue weighted by atomic mass is 9.99. The number of nitrogens with zero attached hydrogens (tertiary/aromatic N) is 1. The van der Waals surface area contributed by atoms with Crippen LogP contribution in [0.2, 0.25) is 0 Å². The van der Waals surface area contributed by atoms with Crippen LogP contribution in [0.15, 0.2) is 41.3 Å². The minimum absolute atomic E-state index is 0.189. The van der Waals surface area contributed by atoms with E-state index in [1.807, 2.05) is 19.1 Å². The molecule has 2 aliphatic heterocycles. The fourth-order valence-electron chi connectivity index (χ4n) is 3.71. The molecule has 0 aromatic heterocycles. The van der Waals surface area contributed by atoms with Crippen molar-refractivity contribution in [1.82, 2.24) is 0 Å². The standard InChI is InChI=1S/C19H19FN2O3S/c1-12-6-7-13-4-2-3-5-17(13)22(12)26(24,25)18-10-14-8-9-19(23)21-16(14)11-15(18)20/h2-5,10-12H,6-9H2,1H3,(H,21,23)/t12-/m0/s1. The average molecular weight is 374 g/mol. The minimum Gasteiger partial charge on any atom is -0.326 e. The lowest BCUT2D eigenvalue weighted by Gasteiger charge is -2.36. The molecule has 5 nitrogen and oxygen atoms in total. The van der Waals surface area contributed by atoms with Crippen molar-refractivity contribution in [2.24, 2.45) is 0 Å². The van der Waals surface area contributed by atoms with Gasteiger partial charge in [0, 0.05) is 18.2 Å². The van der Waals surface area contributed by atoms with E-state index < -0.39 is 15.8 Å². The quantitative estimate of drug-likeness (QED) is 0.878. The van der Waals surface area contributed by atoms with Gasteiger partial charge in [-0.2, -0.15) is 0 Å². The number of halogens is 1. The number of fused-ring (bicyclic) bond motifs is 2. The topological polar surface area (TPSA) is 66.5 Å². The van der Waals surface area contributed by atoms with Crippen molar-refractivity contribution in [3.05, 3.63) is 53.3 Å². The Bertz CT molecular complexity index is 1000. The first-order valence-electron chi connectivity index (χ1n) is 8.62. The van der Waals surface area contributed by atoms with Crippen LogP contribution in [0.25, 0.3) is 0 Å². The highest BCUT2D eigenvalue weighted by molar-refractivity contribution is 7.92. The highest BCUT2D eigenvalue weighted by Crippen LogP contribution is 2.37. The normalized spacial score (nSPS) is 19.5. The molecule has 0 fully saturated rings. The molecular weight excluding hydrogens is 355 g/mol. The van der Waals surface area contributed by atoms with Crippen LogP contribution in [-0.4, -0.2) is 20.4 Å². The van der Waals surface area contributed by atoms with Crippen molar-refractivity contribution in [1.29, 1.82) is 0 Å². The first-order chi connectivity index (χ1) is 12.4. The van der Waals surface area contributed by atoms with Gasteiger partial charge in [0.1, 0.15) is 10.7 Å². The Morgan fingerprint density at radius 1 is 1.12 bits per heavy atom. The zero-order valence-corrected chi connectivity index (χ0v) is 15.1. The SMILES string of the molecule is C[C@H]1CCc2ccccc2N1S(=O)(=O)c1cc2c(cc1F)NC(=O)CC2. The average Bonchev–Trinajstić information content (AvgIpc) is 2.60. The number of aryl methyl sites for hydroxylation is 2. The van der Waals surface area contributed by atoms with Crippen molar-refractivity contribution in [3.8, 4) is 0 Å². The number of para-hydroxylation sites is 1. The van der Waals surface area contributed by atoms with E-state index in [2.05, 4.69) is 5.32 Å². The van der Waals surface area contributed by atoms with Crippen molar-refractivity contribution in [3.63, 3.8) is 0 Å². The van der Waals surface area contributed by atoms with Gasteiger partial charge in [0.2, 0.25) is 5.91 Å². The third-order valence-corrected chi connectivity index (χ3v) is 6.99. The molecule has 1 amide bonds. The van der Waals surface area contributed by atoms with Gasteiger partial charge in [0.15, 0.2) is 0 Å². The van der Waals surface area contributed by atoms with Crippen molar-refractivity contribution < 1.29 is 17.6 Å². The molecule has 0 spiro atoms. The van der Waals surface area contributed by atoms with Crippen molar-refractivity contribution >= 4 is 27.3 Å². The van der Waals surface area contributed by atoms with Gasteiger partial charge in [-0.05, 0) is 55.5 Å². The maximum Gasteiger partial charge on any atom is 0.267 e. The molecule has 1 atom stereocenters. The monoisotopic (exact) mass is 374 g/mol. The molecule has 2 aliphatic rings. The van der Waals surface area contributed by atoms with Gasteiger partial charge in [-0.25, -0.2) is 12.8 Å². The fraction of sp³-hybridized carbons (Fsp3) is 0.316. The summed E-state index contributed by atoms with van der Waals surface area (Å²) < 4.78 is 42.7. The molecule has 0 bridgehead atoms. The van der Waals surface area contributed by atoms with Crippen LogP contribution in [-0.2, 0) is 27.7 Å². The van der Waals surface area contributed by atoms with E-state index in [-0.39, 0.29) is 23.3 Å². The summed E-state index contributed by atoms with van der Waals surface area (Å²) in [7, 11) is -4.06. The number of carbonyl (C=O) groups is 1. The van der Waals surface area contributed by atoms with E-state index in [9.17, 15) is 17.6 Å². The number of hydrogen-bond donors (Lipinski definition) is 1. The summed E-state index contributed by atoms with van der Waals surface area (Å²) in [6.45, 7) is 1.84. The number of nitrogens with one attached hydrogen (secondary N) is 1. The maximum absolute atomic E-state index is 14.7. The molecule has 1 N–H and O–H groups in total. The number of rotatable bonds is 2. The van der Waals surface area contributed by atoms with Crippen LogP contribution >= 0.6 is 0 Å². The van der Waals surface area contributed by atoms with Gasteiger partial charge in [-0.1, -0.05) is 18.2 Å². The van der Waals surface area contributed by atoms with E-state index in [1.165, 1.54) is 10.4 Å². The van der Waals surface area contributed by atoms with E-state index in [0.717, 1.165) is 18.1 Å². The summed E-state index contributed by atoms with van der Waals surface area (Å²) in [5, 5.41) is 2.60. The third-order valence-electron chi connectivity index (χ3n) is 5.05. The second-order valence-corrected chi connectivity index (χ2v) is 8.59. The van der Waals surface area contributed by atoms with Gasteiger partial charge < -0.3 is 5.32 Å². The minimum atomic E-state index is -4.06. The molecule has 2 aromatic rings. The molecule has 0 saturated heterocycles. The van der Waals surface area contributed by atoms with Crippen molar-refractivity contribution in [2.45, 2.75) is 43.5 Å². The first-order valence-corrected chi connectivity index (χ1v) is 10.1. The van der Waals surface area contributed by atoms with E-state index in [0.29, 0.717) is 29.8 Å². The molecule has 7 heteroatoms. The summed E-state index contributed by atoms with van der Waals surface area (Å²) in [6.07, 6.45) is 2.14. The Kier molecular flexibility index (Phi) is 3.99. The Labute approximate surface area is 151 Å². The number of benzene rings is 2. The molecule has 0 aliphatic carbocycles. The molecule has 0 radical (unpaired) electrons. The number of amides is 1. The Balaban J connectivity index is 1.84. The lowest BCUT2D eigenvalue weighted by Crippen LogP contribution is -2.42. The largest absolute Gasteiger partial charge is 0.326 e. The van der Waals surface area contributed by atoms with Gasteiger partial charge >= 0.3 is 0 Å². The molecule has 4 rings (SSSR count). The Hall–Kier alpha value is -2.41. The van der Waals surface area contributed by atoms with E-state index in [1.54, 1.807) is 12.1 Å². The number of sulfonamides is 1. The van der Waals surface area contributed by atoms with Crippen molar-refractivity contribution in [2.75, 3.05) is 9.62 Å². The third kappa shape index (κ3) is 2.67. The van der Waals surface area contributed by atoms with Crippen LogP contribution in [0, 0.1) is 5.82 Å². The molecule has 2 heterocycles. The van der Waals surface area contributed by atoms with Gasteiger partial charge in [-0.3, -0.25) is 9.10 Å². The predicted molar refractivity (Wildman–Crippen MR) is 97.2 cm³/mol. The molecule has 0 saturated carbocycles. The summed E-state index contributed by atoms with van der Waals surface area (Å²) >= 11 is 0. The summed E-state index contributed by atoms with van der Waals surface area (Å²) in [5.74, 6) is -1.03. The first kappa shape index (κ1) is 17.0. The summed E-state index contributed by atoms with van der Waals surface area (Å²) in [5.41, 5.74) is 2.55. The molecule has 2 aromatic carbocycles.